The van der Waals surface area contributed by atoms with Crippen LogP contribution >= 0.6 is 0 Å². The highest BCUT2D eigenvalue weighted by molar-refractivity contribution is 5.57. The number of hydrogen-bond acceptors (Lipinski definition) is 2. The summed E-state index contributed by atoms with van der Waals surface area (Å²) in [6, 6.07) is 6.34. The SMILES string of the molecule is CCCCCCCc1cnc(-c2ccc(F)cc2)cn1. The van der Waals surface area contributed by atoms with E-state index >= 15 is 0 Å². The molecule has 20 heavy (non-hydrogen) atoms. The normalized spacial score (nSPS) is 10.7. The molecule has 0 aliphatic carbocycles. The molecule has 0 atom stereocenters. The lowest BCUT2D eigenvalue weighted by atomic mass is 10.1. The van der Waals surface area contributed by atoms with Crippen LogP contribution in [-0.2, 0) is 6.42 Å². The maximum absolute atomic E-state index is 12.9. The van der Waals surface area contributed by atoms with Crippen LogP contribution < -0.4 is 0 Å². The van der Waals surface area contributed by atoms with Crippen LogP contribution in [0.1, 0.15) is 44.7 Å². The third kappa shape index (κ3) is 4.41. The third-order valence-corrected chi connectivity index (χ3v) is 3.38. The summed E-state index contributed by atoms with van der Waals surface area (Å²) in [5.41, 5.74) is 2.72. The van der Waals surface area contributed by atoms with Gasteiger partial charge in [0.2, 0.25) is 0 Å². The Labute approximate surface area is 120 Å². The first-order chi connectivity index (χ1) is 9.79. The van der Waals surface area contributed by atoms with E-state index in [9.17, 15) is 4.39 Å². The van der Waals surface area contributed by atoms with Gasteiger partial charge in [0, 0.05) is 11.8 Å². The summed E-state index contributed by atoms with van der Waals surface area (Å²) in [4.78, 5) is 8.85. The molecule has 0 saturated carbocycles. The summed E-state index contributed by atoms with van der Waals surface area (Å²) >= 11 is 0. The molecular formula is C17H21FN2. The van der Waals surface area contributed by atoms with Gasteiger partial charge in [-0.15, -0.1) is 0 Å². The molecule has 0 fully saturated rings. The molecule has 0 unspecified atom stereocenters. The lowest BCUT2D eigenvalue weighted by Gasteiger charge is -2.03. The van der Waals surface area contributed by atoms with Crippen molar-refractivity contribution in [2.24, 2.45) is 0 Å². The molecule has 0 aliphatic rings. The van der Waals surface area contributed by atoms with Gasteiger partial charge in [0.1, 0.15) is 5.82 Å². The van der Waals surface area contributed by atoms with Gasteiger partial charge in [-0.25, -0.2) is 4.39 Å². The number of aryl methyl sites for hydroxylation is 1. The molecule has 0 saturated heterocycles. The number of unbranched alkanes of at least 4 members (excludes halogenated alkanes) is 4. The van der Waals surface area contributed by atoms with Crippen LogP contribution in [-0.4, -0.2) is 9.97 Å². The molecule has 0 spiro atoms. The fraction of sp³-hybridized carbons (Fsp3) is 0.412. The molecule has 0 amide bonds. The predicted octanol–water partition coefficient (Wildman–Crippen LogP) is 4.80. The van der Waals surface area contributed by atoms with Crippen LogP contribution in [0.3, 0.4) is 0 Å². The van der Waals surface area contributed by atoms with Crippen LogP contribution in [0.15, 0.2) is 36.7 Å². The Balaban J connectivity index is 1.88. The monoisotopic (exact) mass is 272 g/mol. The van der Waals surface area contributed by atoms with Gasteiger partial charge < -0.3 is 0 Å². The zero-order valence-corrected chi connectivity index (χ0v) is 12.0. The van der Waals surface area contributed by atoms with Gasteiger partial charge in [-0.1, -0.05) is 32.6 Å². The minimum atomic E-state index is -0.231. The molecule has 2 nitrogen and oxygen atoms in total. The first kappa shape index (κ1) is 14.6. The fourth-order valence-electron chi connectivity index (χ4n) is 2.16. The van der Waals surface area contributed by atoms with Crippen molar-refractivity contribution < 1.29 is 4.39 Å². The number of halogens is 1. The van der Waals surface area contributed by atoms with Crippen molar-refractivity contribution in [2.75, 3.05) is 0 Å². The highest BCUT2D eigenvalue weighted by Crippen LogP contribution is 2.16. The van der Waals surface area contributed by atoms with Crippen molar-refractivity contribution in [3.63, 3.8) is 0 Å². The fourth-order valence-corrected chi connectivity index (χ4v) is 2.16. The maximum Gasteiger partial charge on any atom is 0.123 e. The van der Waals surface area contributed by atoms with E-state index in [0.717, 1.165) is 23.4 Å². The van der Waals surface area contributed by atoms with E-state index in [2.05, 4.69) is 16.9 Å². The number of rotatable bonds is 7. The molecule has 106 valence electrons. The predicted molar refractivity (Wildman–Crippen MR) is 79.9 cm³/mol. The van der Waals surface area contributed by atoms with Crippen molar-refractivity contribution in [1.82, 2.24) is 9.97 Å². The molecule has 3 heteroatoms. The van der Waals surface area contributed by atoms with Gasteiger partial charge >= 0.3 is 0 Å². The lowest BCUT2D eigenvalue weighted by Crippen LogP contribution is -1.94. The van der Waals surface area contributed by atoms with Crippen molar-refractivity contribution in [1.29, 1.82) is 0 Å². The zero-order valence-electron chi connectivity index (χ0n) is 12.0. The van der Waals surface area contributed by atoms with Crippen LogP contribution in [0.5, 0.6) is 0 Å². The van der Waals surface area contributed by atoms with E-state index in [1.165, 1.54) is 44.2 Å². The van der Waals surface area contributed by atoms with E-state index < -0.39 is 0 Å². The quantitative estimate of drug-likeness (QED) is 0.677. The Kier molecular flexibility index (Phi) is 5.66. The van der Waals surface area contributed by atoms with E-state index in [1.807, 2.05) is 6.20 Å². The molecule has 1 aromatic carbocycles. The summed E-state index contributed by atoms with van der Waals surface area (Å²) in [7, 11) is 0. The molecule has 1 heterocycles. The summed E-state index contributed by atoms with van der Waals surface area (Å²) in [5.74, 6) is -0.231. The molecule has 2 rings (SSSR count). The van der Waals surface area contributed by atoms with Crippen molar-refractivity contribution >= 4 is 0 Å². The van der Waals surface area contributed by atoms with Gasteiger partial charge in [-0.05, 0) is 37.1 Å². The smallest absolute Gasteiger partial charge is 0.123 e. The summed E-state index contributed by atoms with van der Waals surface area (Å²) < 4.78 is 12.9. The number of benzene rings is 1. The van der Waals surface area contributed by atoms with Gasteiger partial charge in [0.05, 0.1) is 17.6 Å². The summed E-state index contributed by atoms with van der Waals surface area (Å²) in [5, 5.41) is 0. The van der Waals surface area contributed by atoms with Gasteiger partial charge in [0.25, 0.3) is 0 Å². The topological polar surface area (TPSA) is 25.8 Å². The van der Waals surface area contributed by atoms with Crippen LogP contribution in [0, 0.1) is 5.82 Å². The third-order valence-electron chi connectivity index (χ3n) is 3.38. The van der Waals surface area contributed by atoms with E-state index in [1.54, 1.807) is 18.3 Å². The van der Waals surface area contributed by atoms with Gasteiger partial charge in [-0.3, -0.25) is 9.97 Å². The second-order valence-electron chi connectivity index (χ2n) is 5.06. The minimum Gasteiger partial charge on any atom is -0.257 e. The molecule has 0 bridgehead atoms. The first-order valence-corrected chi connectivity index (χ1v) is 7.36. The Morgan fingerprint density at radius 1 is 0.900 bits per heavy atom. The summed E-state index contributed by atoms with van der Waals surface area (Å²) in [6.07, 6.45) is 10.9. The van der Waals surface area contributed by atoms with Crippen LogP contribution in [0.4, 0.5) is 4.39 Å². The van der Waals surface area contributed by atoms with Crippen molar-refractivity contribution in [3.8, 4) is 11.3 Å². The average molecular weight is 272 g/mol. The number of aromatic nitrogens is 2. The Bertz CT molecular complexity index is 506. The lowest BCUT2D eigenvalue weighted by molar-refractivity contribution is 0.627. The van der Waals surface area contributed by atoms with E-state index in [4.69, 9.17) is 0 Å². The number of hydrogen-bond donors (Lipinski definition) is 0. The Hall–Kier alpha value is -1.77. The second-order valence-corrected chi connectivity index (χ2v) is 5.06. The molecule has 0 radical (unpaired) electrons. The zero-order chi connectivity index (χ0) is 14.2. The molecule has 0 aliphatic heterocycles. The largest absolute Gasteiger partial charge is 0.257 e. The van der Waals surface area contributed by atoms with Crippen molar-refractivity contribution in [2.45, 2.75) is 45.4 Å². The van der Waals surface area contributed by atoms with Crippen LogP contribution in [0.25, 0.3) is 11.3 Å². The second kappa shape index (κ2) is 7.73. The van der Waals surface area contributed by atoms with E-state index in [-0.39, 0.29) is 5.82 Å². The first-order valence-electron chi connectivity index (χ1n) is 7.36. The van der Waals surface area contributed by atoms with Crippen molar-refractivity contribution in [3.05, 3.63) is 48.2 Å². The maximum atomic E-state index is 12.9. The van der Waals surface area contributed by atoms with Gasteiger partial charge in [0.15, 0.2) is 0 Å². The molecule has 0 N–H and O–H groups in total. The molecule has 1 aromatic heterocycles. The summed E-state index contributed by atoms with van der Waals surface area (Å²) in [6.45, 7) is 2.22. The minimum absolute atomic E-state index is 0.231. The number of nitrogens with zero attached hydrogens (tertiary/aromatic N) is 2. The highest BCUT2D eigenvalue weighted by Gasteiger charge is 2.01. The molecule has 2 aromatic rings. The molecular weight excluding hydrogens is 251 g/mol. The Morgan fingerprint density at radius 2 is 1.65 bits per heavy atom. The van der Waals surface area contributed by atoms with Crippen LogP contribution in [0.2, 0.25) is 0 Å². The van der Waals surface area contributed by atoms with E-state index in [0.29, 0.717) is 0 Å². The highest BCUT2D eigenvalue weighted by atomic mass is 19.1. The van der Waals surface area contributed by atoms with Gasteiger partial charge in [-0.2, -0.15) is 0 Å². The average Bonchev–Trinajstić information content (AvgIpc) is 2.49. The standard InChI is InChI=1S/C17H21FN2/c1-2-3-4-5-6-7-16-12-20-17(13-19-16)14-8-10-15(18)11-9-14/h8-13H,2-7H2,1H3. The Morgan fingerprint density at radius 3 is 2.30 bits per heavy atom.